The summed E-state index contributed by atoms with van der Waals surface area (Å²) in [4.78, 5) is 14.7. The summed E-state index contributed by atoms with van der Waals surface area (Å²) in [6, 6.07) is 14.5. The highest BCUT2D eigenvalue weighted by Crippen LogP contribution is 2.30. The van der Waals surface area contributed by atoms with Crippen LogP contribution in [-0.4, -0.2) is 30.6 Å². The van der Waals surface area contributed by atoms with E-state index >= 15 is 0 Å². The molecule has 0 aromatic heterocycles. The average Bonchev–Trinajstić information content (AvgIpc) is 2.84. The van der Waals surface area contributed by atoms with E-state index in [1.54, 1.807) is 24.4 Å². The molecule has 1 aliphatic rings. The number of carbonyl (C=O) groups is 1. The minimum atomic E-state index is -0.221. The number of amides is 1. The molecule has 0 spiro atoms. The first-order chi connectivity index (χ1) is 11.5. The van der Waals surface area contributed by atoms with Gasteiger partial charge in [0.2, 0.25) is 0 Å². The molecule has 1 heterocycles. The Morgan fingerprint density at radius 3 is 2.25 bits per heavy atom. The molecule has 0 saturated carbocycles. The number of rotatable bonds is 3. The van der Waals surface area contributed by atoms with Crippen LogP contribution in [0.3, 0.4) is 0 Å². The molecule has 0 unspecified atom stereocenters. The quantitative estimate of drug-likeness (QED) is 0.770. The molecule has 0 atom stereocenters. The van der Waals surface area contributed by atoms with Crippen LogP contribution in [0.15, 0.2) is 65.4 Å². The lowest BCUT2D eigenvalue weighted by atomic mass is 10.0. The summed E-state index contributed by atoms with van der Waals surface area (Å²) in [5.74, 6) is -0.221. The lowest BCUT2D eigenvalue weighted by Gasteiger charge is -2.13. The summed E-state index contributed by atoms with van der Waals surface area (Å²) in [5, 5.41) is 6.74. The largest absolute Gasteiger partial charge is 0.383 e. The molecule has 3 rings (SSSR count). The van der Waals surface area contributed by atoms with Crippen LogP contribution in [0.25, 0.3) is 0 Å². The van der Waals surface area contributed by atoms with Gasteiger partial charge in [0, 0.05) is 35.9 Å². The summed E-state index contributed by atoms with van der Waals surface area (Å²) in [6.07, 6.45) is 1.76. The van der Waals surface area contributed by atoms with Crippen molar-refractivity contribution in [2.45, 2.75) is 0 Å². The van der Waals surface area contributed by atoms with E-state index in [4.69, 9.17) is 23.2 Å². The standard InChI is InChI=1S/C18H15Cl2N3O/c1-22(2)11-16-17(12-6-4-3-5-7-12)21-23(18(16)24)15-9-13(19)8-14(20)10-15/h3-11H,1-2H3/b16-11+. The highest BCUT2D eigenvalue weighted by atomic mass is 35.5. The van der Waals surface area contributed by atoms with E-state index in [-0.39, 0.29) is 5.91 Å². The maximum absolute atomic E-state index is 12.9. The van der Waals surface area contributed by atoms with Crippen molar-refractivity contribution in [3.63, 3.8) is 0 Å². The molecular formula is C18H15Cl2N3O. The highest BCUT2D eigenvalue weighted by Gasteiger charge is 2.32. The van der Waals surface area contributed by atoms with Gasteiger partial charge in [0.15, 0.2) is 0 Å². The minimum absolute atomic E-state index is 0.221. The van der Waals surface area contributed by atoms with Crippen LogP contribution in [0, 0.1) is 0 Å². The number of hydrogen-bond acceptors (Lipinski definition) is 3. The van der Waals surface area contributed by atoms with E-state index < -0.39 is 0 Å². The van der Waals surface area contributed by atoms with Crippen LogP contribution < -0.4 is 5.01 Å². The normalized spacial score (nSPS) is 15.8. The molecule has 1 amide bonds. The molecule has 6 heteroatoms. The van der Waals surface area contributed by atoms with Crippen LogP contribution in [0.2, 0.25) is 10.0 Å². The third-order valence-corrected chi connectivity index (χ3v) is 3.84. The molecule has 0 bridgehead atoms. The topological polar surface area (TPSA) is 35.9 Å². The molecule has 0 radical (unpaired) electrons. The minimum Gasteiger partial charge on any atom is -0.383 e. The third kappa shape index (κ3) is 3.30. The third-order valence-electron chi connectivity index (χ3n) is 3.40. The zero-order valence-electron chi connectivity index (χ0n) is 13.2. The molecule has 24 heavy (non-hydrogen) atoms. The van der Waals surface area contributed by atoms with Gasteiger partial charge in [0.25, 0.3) is 5.91 Å². The van der Waals surface area contributed by atoms with Gasteiger partial charge in [-0.15, -0.1) is 0 Å². The van der Waals surface area contributed by atoms with Crippen LogP contribution in [0.4, 0.5) is 5.69 Å². The van der Waals surface area contributed by atoms with Crippen molar-refractivity contribution in [2.75, 3.05) is 19.1 Å². The van der Waals surface area contributed by atoms with Gasteiger partial charge < -0.3 is 4.90 Å². The number of carbonyl (C=O) groups excluding carboxylic acids is 1. The van der Waals surface area contributed by atoms with E-state index in [0.717, 1.165) is 5.56 Å². The van der Waals surface area contributed by atoms with Crippen LogP contribution >= 0.6 is 23.2 Å². The maximum Gasteiger partial charge on any atom is 0.282 e. The monoisotopic (exact) mass is 359 g/mol. The second-order valence-electron chi connectivity index (χ2n) is 5.57. The van der Waals surface area contributed by atoms with Crippen molar-refractivity contribution in [3.8, 4) is 0 Å². The maximum atomic E-state index is 12.9. The molecular weight excluding hydrogens is 345 g/mol. The van der Waals surface area contributed by atoms with Crippen molar-refractivity contribution in [1.82, 2.24) is 4.90 Å². The second kappa shape index (κ2) is 6.67. The van der Waals surface area contributed by atoms with Crippen LogP contribution in [-0.2, 0) is 4.79 Å². The smallest absolute Gasteiger partial charge is 0.282 e. The molecule has 4 nitrogen and oxygen atoms in total. The molecule has 0 saturated heterocycles. The van der Waals surface area contributed by atoms with Gasteiger partial charge in [-0.2, -0.15) is 10.1 Å². The number of nitrogens with zero attached hydrogens (tertiary/aromatic N) is 3. The number of hydrazone groups is 1. The zero-order valence-corrected chi connectivity index (χ0v) is 14.7. The Balaban J connectivity index is 2.12. The molecule has 0 N–H and O–H groups in total. The molecule has 0 fully saturated rings. The van der Waals surface area contributed by atoms with Crippen molar-refractivity contribution in [2.24, 2.45) is 5.10 Å². The summed E-state index contributed by atoms with van der Waals surface area (Å²) in [6.45, 7) is 0. The first kappa shape index (κ1) is 16.6. The first-order valence-electron chi connectivity index (χ1n) is 7.29. The Bertz CT molecular complexity index is 824. The van der Waals surface area contributed by atoms with Crippen molar-refractivity contribution in [3.05, 3.63) is 75.9 Å². The fourth-order valence-corrected chi connectivity index (χ4v) is 2.95. The van der Waals surface area contributed by atoms with Gasteiger partial charge in [-0.05, 0) is 18.2 Å². The molecule has 2 aromatic rings. The SMILES string of the molecule is CN(C)/C=C1/C(=O)N(c2cc(Cl)cc(Cl)c2)N=C1c1ccccc1. The van der Waals surface area contributed by atoms with E-state index in [9.17, 15) is 4.79 Å². The zero-order chi connectivity index (χ0) is 17.3. The van der Waals surface area contributed by atoms with Crippen LogP contribution in [0.5, 0.6) is 0 Å². The van der Waals surface area contributed by atoms with E-state index in [1.807, 2.05) is 49.3 Å². The predicted molar refractivity (Wildman–Crippen MR) is 98.7 cm³/mol. The Morgan fingerprint density at radius 1 is 1.04 bits per heavy atom. The van der Waals surface area contributed by atoms with Gasteiger partial charge >= 0.3 is 0 Å². The fraction of sp³-hybridized carbons (Fsp3) is 0.111. The van der Waals surface area contributed by atoms with Gasteiger partial charge in [-0.1, -0.05) is 53.5 Å². The first-order valence-corrected chi connectivity index (χ1v) is 8.04. The predicted octanol–water partition coefficient (Wildman–Crippen LogP) is 4.19. The van der Waals surface area contributed by atoms with Gasteiger partial charge in [-0.3, -0.25) is 4.79 Å². The van der Waals surface area contributed by atoms with Gasteiger partial charge in [0.05, 0.1) is 11.3 Å². The Morgan fingerprint density at radius 2 is 1.67 bits per heavy atom. The lowest BCUT2D eigenvalue weighted by molar-refractivity contribution is -0.114. The van der Waals surface area contributed by atoms with Crippen molar-refractivity contribution < 1.29 is 4.79 Å². The number of benzene rings is 2. The van der Waals surface area contributed by atoms with Gasteiger partial charge in [0.1, 0.15) is 5.71 Å². The molecule has 0 aliphatic carbocycles. The summed E-state index contributed by atoms with van der Waals surface area (Å²) < 4.78 is 0. The molecule has 2 aromatic carbocycles. The lowest BCUT2D eigenvalue weighted by Crippen LogP contribution is -2.22. The van der Waals surface area contributed by atoms with E-state index in [1.165, 1.54) is 5.01 Å². The number of halogens is 2. The second-order valence-corrected chi connectivity index (χ2v) is 6.44. The van der Waals surface area contributed by atoms with Crippen LogP contribution in [0.1, 0.15) is 5.56 Å². The molecule has 122 valence electrons. The Kier molecular flexibility index (Phi) is 4.60. The fourth-order valence-electron chi connectivity index (χ4n) is 2.44. The number of anilines is 1. The van der Waals surface area contributed by atoms with E-state index in [0.29, 0.717) is 27.0 Å². The Labute approximate surface area is 150 Å². The highest BCUT2D eigenvalue weighted by molar-refractivity contribution is 6.37. The summed E-state index contributed by atoms with van der Waals surface area (Å²) in [7, 11) is 3.73. The van der Waals surface area contributed by atoms with E-state index in [2.05, 4.69) is 5.10 Å². The van der Waals surface area contributed by atoms with Crippen molar-refractivity contribution >= 4 is 40.5 Å². The average molecular weight is 360 g/mol. The van der Waals surface area contributed by atoms with Gasteiger partial charge in [-0.25, -0.2) is 0 Å². The summed E-state index contributed by atoms with van der Waals surface area (Å²) >= 11 is 12.1. The Hall–Kier alpha value is -2.30. The molecule has 1 aliphatic heterocycles. The number of hydrogen-bond donors (Lipinski definition) is 0. The van der Waals surface area contributed by atoms with Crippen molar-refractivity contribution in [1.29, 1.82) is 0 Å². The summed E-state index contributed by atoms with van der Waals surface area (Å²) in [5.41, 5.74) is 2.54.